The van der Waals surface area contributed by atoms with Gasteiger partial charge in [-0.2, -0.15) is 0 Å². The molecule has 0 saturated heterocycles. The van der Waals surface area contributed by atoms with Crippen LogP contribution in [0.25, 0.3) is 0 Å². The SMILES string of the molecule is C.CCC(C)(CCC(C)C(C)C)OC.CCC(C)(CCCC(C)(C)CO)OC.CCC(C)(CO)CCCC(C)(CC)OC.CCC(C)(O)CCCC(C)(CC)CO.CCC/C(C)=C/CCC(C)(CC)OC.CCCC(C)(CO)CCCC(C)(CC)OC.CCCC(C)(CO)CCCC(C)(O)CC.CCCC(C)CCCC(C)(CC)OC.CCCC(C)CCCC(C)(O)CC.[C-]#[O+].[C-]#[O+].[C-]#[O+].[C-]#[O+].[C-]#[O+].[C-]#[O+]. The van der Waals surface area contributed by atoms with Crippen molar-refractivity contribution in [1.29, 1.82) is 0 Å². The number of hydrogen-bond donors (Lipinski definition) is 8. The van der Waals surface area contributed by atoms with Gasteiger partial charge >= 0.3 is 67.8 Å². The zero-order valence-corrected chi connectivity index (χ0v) is 101. The van der Waals surface area contributed by atoms with E-state index in [-0.39, 0.29) is 87.9 Å². The second-order valence-corrected chi connectivity index (χ2v) is 44.9. The first-order valence-electron chi connectivity index (χ1n) is 54.6. The van der Waals surface area contributed by atoms with E-state index in [0.717, 1.165) is 236 Å². The van der Waals surface area contributed by atoms with E-state index in [1.54, 1.807) is 21.3 Å². The van der Waals surface area contributed by atoms with Crippen molar-refractivity contribution in [3.63, 3.8) is 0 Å². The maximum absolute atomic E-state index is 9.86. The Morgan fingerprint density at radius 2 is 0.496 bits per heavy atom. The summed E-state index contributed by atoms with van der Waals surface area (Å²) < 4.78 is 78.1. The van der Waals surface area contributed by atoms with Crippen LogP contribution in [-0.4, -0.2) is 167 Å². The molecular formula is C121H248O20. The third-order valence-corrected chi connectivity index (χ3v) is 31.1. The van der Waals surface area contributed by atoms with Crippen molar-refractivity contribution in [2.24, 2.45) is 50.7 Å². The molecule has 0 spiro atoms. The molecule has 852 valence electrons. The fourth-order valence-corrected chi connectivity index (χ4v) is 15.1. The average Bonchev–Trinajstić information content (AvgIpc) is 0.883. The number of aliphatic hydroxyl groups is 8. The summed E-state index contributed by atoms with van der Waals surface area (Å²) in [5.41, 5.74) is 0.751. The predicted molar refractivity (Wildman–Crippen MR) is 596 cm³/mol. The van der Waals surface area contributed by atoms with Crippen LogP contribution in [0.2, 0.25) is 0 Å². The van der Waals surface area contributed by atoms with E-state index in [9.17, 15) is 35.7 Å². The summed E-state index contributed by atoms with van der Waals surface area (Å²) in [6.07, 6.45) is 53.0. The zero-order valence-electron chi connectivity index (χ0n) is 101. The molecular weight excluding hydrogens is 1770 g/mol. The number of hydrogen-bond acceptors (Lipinski definition) is 14. The van der Waals surface area contributed by atoms with Crippen LogP contribution in [0.15, 0.2) is 11.6 Å². The standard InChI is InChI=1S/C14H30O2.2C13H28O2.C13H28O.C13H26O.2C12H26O2.2C12H26O.6CO.CH4/c1-6-9-13(3,12-15)10-8-11-14(4,7-2)16-5;1-6-12(3,11-14)9-8-10-13(4,7-2)15-5;1-5-8-12(3,11-14)9-7-10-13(4,15)6-2;2*1-6-9-12(3)10-8-11-13(4,7-2)14-5;1-6-12(4,14-5)9-7-8-11(2,3)10-13;1-5-11(3,10-13)8-7-9-12(4,14)6-2;1-7-12(5,13-6)9-8-11(4)10(2)3;1-5-8-11(3)9-7-10-12(4,13)6-2;6*1-2;/h15H,6-12H2,1-5H3;14H,6-11H2,1-5H3;14-15H,5-11H2,1-4H3;12H,6-11H2,1-5H3;10H,6-9,11H2,1-5H3;13H,6-10H2,1-5H3;13-14H,5-10H2,1-4H3;10-11H,7-9H2,1-6H3;11,13H,5-10H2,1-4H3;;;;;;;1H4/b;;;;12-10+;;;;;;;;;;;. The Morgan fingerprint density at radius 3 is 0.716 bits per heavy atom. The maximum atomic E-state index is 9.86. The molecule has 0 bridgehead atoms. The van der Waals surface area contributed by atoms with Crippen molar-refractivity contribution in [2.75, 3.05) is 75.7 Å². The Bertz CT molecular complexity index is 2560. The molecule has 0 aromatic heterocycles. The Morgan fingerprint density at radius 1 is 0.262 bits per heavy atom. The molecule has 0 saturated carbocycles. The topological polar surface area (TPSA) is 337 Å². The van der Waals surface area contributed by atoms with Crippen LogP contribution in [0.3, 0.4) is 0 Å². The molecule has 0 aliphatic carbocycles. The fourth-order valence-electron chi connectivity index (χ4n) is 15.1. The first-order chi connectivity index (χ1) is 65.2. The average molecular weight is 2020 g/mol. The number of ether oxygens (including phenoxy) is 6. The van der Waals surface area contributed by atoms with Crippen LogP contribution in [0.1, 0.15) is 559 Å². The minimum atomic E-state index is -0.525. The van der Waals surface area contributed by atoms with Crippen molar-refractivity contribution < 1.29 is 97.2 Å². The van der Waals surface area contributed by atoms with Gasteiger partial charge in [-0.1, -0.05) is 277 Å². The number of rotatable bonds is 67. The normalized spacial score (nSPS) is 16.9. The molecule has 0 aromatic rings. The first-order valence-corrected chi connectivity index (χ1v) is 54.6. The van der Waals surface area contributed by atoms with Crippen molar-refractivity contribution in [3.05, 3.63) is 51.6 Å². The predicted octanol–water partition coefficient (Wildman–Crippen LogP) is 32.8. The molecule has 0 rings (SSSR count). The van der Waals surface area contributed by atoms with Gasteiger partial charge in [0.15, 0.2) is 0 Å². The summed E-state index contributed by atoms with van der Waals surface area (Å²) in [4.78, 5) is 0. The summed E-state index contributed by atoms with van der Waals surface area (Å²) in [5, 5.41) is 75.8. The molecule has 20 heteroatoms. The summed E-state index contributed by atoms with van der Waals surface area (Å²) >= 11 is 0. The molecule has 16 unspecified atom stereocenters. The van der Waals surface area contributed by atoms with Gasteiger partial charge in [0.1, 0.15) is 0 Å². The van der Waals surface area contributed by atoms with Crippen LogP contribution in [0.4, 0.5) is 0 Å². The van der Waals surface area contributed by atoms with E-state index in [1.807, 2.05) is 55.9 Å². The van der Waals surface area contributed by atoms with Crippen molar-refractivity contribution >= 4 is 0 Å². The van der Waals surface area contributed by atoms with E-state index < -0.39 is 16.8 Å². The molecule has 0 aliphatic rings. The molecule has 0 aromatic carbocycles. The third kappa shape index (κ3) is 110. The van der Waals surface area contributed by atoms with Gasteiger partial charge in [0.25, 0.3) is 0 Å². The van der Waals surface area contributed by atoms with E-state index >= 15 is 0 Å². The van der Waals surface area contributed by atoms with Crippen LogP contribution in [-0.2, 0) is 56.3 Å². The van der Waals surface area contributed by atoms with Gasteiger partial charge in [-0.3, -0.25) is 0 Å². The Kier molecular flexibility index (Phi) is 133. The summed E-state index contributed by atoms with van der Waals surface area (Å²) in [6.45, 7) is 108. The minimum absolute atomic E-state index is 0. The molecule has 20 nitrogen and oxygen atoms in total. The monoisotopic (exact) mass is 2020 g/mol. The zero-order chi connectivity index (χ0) is 114. The first kappa shape index (κ1) is 175. The van der Waals surface area contributed by atoms with E-state index in [0.29, 0.717) is 13.2 Å². The van der Waals surface area contributed by atoms with Gasteiger partial charge < -0.3 is 69.3 Å². The van der Waals surface area contributed by atoms with Crippen LogP contribution < -0.4 is 0 Å². The van der Waals surface area contributed by atoms with E-state index in [4.69, 9.17) is 61.4 Å². The second-order valence-electron chi connectivity index (χ2n) is 44.9. The fraction of sp³-hybridized carbons (Fsp3) is 0.934. The van der Waals surface area contributed by atoms with Gasteiger partial charge in [0.2, 0.25) is 0 Å². The third-order valence-electron chi connectivity index (χ3n) is 31.1. The Hall–Kier alpha value is -2.38. The summed E-state index contributed by atoms with van der Waals surface area (Å²) in [5.74, 6) is 3.31. The van der Waals surface area contributed by atoms with E-state index in [2.05, 4.69) is 268 Å². The Balaban J connectivity index is -0.0000000877. The van der Waals surface area contributed by atoms with Gasteiger partial charge in [0.05, 0.1) is 50.4 Å². The van der Waals surface area contributed by atoms with Gasteiger partial charge in [-0.15, -0.1) is 0 Å². The van der Waals surface area contributed by atoms with Crippen LogP contribution in [0.5, 0.6) is 0 Å². The van der Waals surface area contributed by atoms with Gasteiger partial charge in [-0.05, 0) is 345 Å². The number of aliphatic hydroxyl groups excluding tert-OH is 5. The van der Waals surface area contributed by atoms with Crippen LogP contribution in [0, 0.1) is 90.6 Å². The van der Waals surface area contributed by atoms with Gasteiger partial charge in [0, 0.05) is 75.7 Å². The molecule has 0 fully saturated rings. The summed E-state index contributed by atoms with van der Waals surface area (Å²) in [6, 6.07) is 0. The van der Waals surface area contributed by atoms with E-state index in [1.165, 1.54) is 89.0 Å². The summed E-state index contributed by atoms with van der Waals surface area (Å²) in [7, 11) is 10.8. The molecule has 0 heterocycles. The molecule has 0 aliphatic heterocycles. The number of methoxy groups -OCH3 is 6. The molecule has 0 amide bonds. The van der Waals surface area contributed by atoms with Crippen molar-refractivity contribution in [1.82, 2.24) is 0 Å². The molecule has 141 heavy (non-hydrogen) atoms. The molecule has 8 N–H and O–H groups in total. The van der Waals surface area contributed by atoms with Gasteiger partial charge in [-0.25, -0.2) is 0 Å². The molecule has 16 atom stereocenters. The quantitative estimate of drug-likeness (QED) is 0.0159. The second kappa shape index (κ2) is 107. The van der Waals surface area contributed by atoms with Crippen molar-refractivity contribution in [3.8, 4) is 0 Å². The Labute approximate surface area is 879 Å². The van der Waals surface area contributed by atoms with Crippen LogP contribution >= 0.6 is 0 Å². The number of allylic oxidation sites excluding steroid dienone is 2. The van der Waals surface area contributed by atoms with Crippen molar-refractivity contribution in [2.45, 2.75) is 609 Å². The molecule has 0 radical (unpaired) electrons.